The predicted molar refractivity (Wildman–Crippen MR) is 100 cm³/mol. The van der Waals surface area contributed by atoms with Crippen molar-refractivity contribution in [1.29, 1.82) is 0 Å². The molecule has 0 spiro atoms. The number of carbonyl (C=O) groups excluding carboxylic acids is 1. The summed E-state index contributed by atoms with van der Waals surface area (Å²) in [6, 6.07) is 10.1. The van der Waals surface area contributed by atoms with Gasteiger partial charge in [-0.2, -0.15) is 13.2 Å². The van der Waals surface area contributed by atoms with Crippen molar-refractivity contribution < 1.29 is 27.4 Å². The largest absolute Gasteiger partial charge is 0.497 e. The molecule has 0 unspecified atom stereocenters. The molecule has 150 valence electrons. The van der Waals surface area contributed by atoms with Gasteiger partial charge in [0.2, 0.25) is 0 Å². The topological polar surface area (TPSA) is 50.8 Å². The van der Waals surface area contributed by atoms with Crippen LogP contribution < -0.4 is 19.7 Å². The number of halogens is 3. The molecule has 5 nitrogen and oxygen atoms in total. The molecule has 0 aromatic heterocycles. The Morgan fingerprint density at radius 3 is 2.32 bits per heavy atom. The first-order chi connectivity index (χ1) is 13.4. The maximum absolute atomic E-state index is 13.1. The summed E-state index contributed by atoms with van der Waals surface area (Å²) in [5.41, 5.74) is -0.0785. The number of ether oxygens (including phenoxy) is 2. The van der Waals surface area contributed by atoms with Gasteiger partial charge in [0.15, 0.2) is 6.61 Å². The summed E-state index contributed by atoms with van der Waals surface area (Å²) in [5, 5.41) is 2.56. The lowest BCUT2D eigenvalue weighted by molar-refractivity contribution is -0.137. The number of anilines is 2. The van der Waals surface area contributed by atoms with E-state index in [1.54, 1.807) is 24.3 Å². The fourth-order valence-electron chi connectivity index (χ4n) is 3.05. The molecule has 1 N–H and O–H groups in total. The average molecular weight is 394 g/mol. The van der Waals surface area contributed by atoms with Crippen LogP contribution in [0, 0.1) is 0 Å². The number of nitrogens with one attached hydrogen (secondary N) is 1. The van der Waals surface area contributed by atoms with Gasteiger partial charge < -0.3 is 19.7 Å². The van der Waals surface area contributed by atoms with Crippen LogP contribution in [0.1, 0.15) is 18.4 Å². The number of methoxy groups -OCH3 is 1. The van der Waals surface area contributed by atoms with Gasteiger partial charge in [-0.25, -0.2) is 0 Å². The Morgan fingerprint density at radius 2 is 1.71 bits per heavy atom. The number of hydrogen-bond donors (Lipinski definition) is 1. The van der Waals surface area contributed by atoms with Gasteiger partial charge in [-0.1, -0.05) is 0 Å². The summed E-state index contributed by atoms with van der Waals surface area (Å²) < 4.78 is 49.7. The zero-order valence-corrected chi connectivity index (χ0v) is 15.4. The molecule has 1 fully saturated rings. The van der Waals surface area contributed by atoms with E-state index in [0.717, 1.165) is 38.1 Å². The summed E-state index contributed by atoms with van der Waals surface area (Å²) in [6.45, 7) is 1.18. The van der Waals surface area contributed by atoms with E-state index in [-0.39, 0.29) is 12.3 Å². The second-order valence-electron chi connectivity index (χ2n) is 6.44. The number of nitrogens with zero attached hydrogens (tertiary/aromatic N) is 1. The Balaban J connectivity index is 1.71. The van der Waals surface area contributed by atoms with Crippen molar-refractivity contribution in [2.75, 3.05) is 37.0 Å². The standard InChI is InChI=1S/C20H21F3N2O3/c1-27-15-5-7-16(8-6-15)28-13-19(26)24-17-12-14(20(21,22)23)4-9-18(17)25-10-2-3-11-25/h4-9,12H,2-3,10-11,13H2,1H3,(H,24,26). The Morgan fingerprint density at radius 1 is 1.07 bits per heavy atom. The molecule has 1 heterocycles. The molecule has 0 aliphatic carbocycles. The molecular weight excluding hydrogens is 373 g/mol. The lowest BCUT2D eigenvalue weighted by atomic mass is 10.1. The van der Waals surface area contributed by atoms with Crippen LogP contribution in [0.15, 0.2) is 42.5 Å². The van der Waals surface area contributed by atoms with Gasteiger partial charge in [-0.15, -0.1) is 0 Å². The molecule has 28 heavy (non-hydrogen) atoms. The third kappa shape index (κ3) is 4.88. The minimum Gasteiger partial charge on any atom is -0.497 e. The highest BCUT2D eigenvalue weighted by atomic mass is 19.4. The first-order valence-corrected chi connectivity index (χ1v) is 8.90. The fraction of sp³-hybridized carbons (Fsp3) is 0.350. The Bertz CT molecular complexity index is 816. The first-order valence-electron chi connectivity index (χ1n) is 8.90. The van der Waals surface area contributed by atoms with Gasteiger partial charge in [0, 0.05) is 13.1 Å². The number of alkyl halides is 3. The maximum atomic E-state index is 13.1. The van der Waals surface area contributed by atoms with E-state index in [0.29, 0.717) is 17.2 Å². The number of rotatable bonds is 6. The summed E-state index contributed by atoms with van der Waals surface area (Å²) in [5.74, 6) is 0.575. The quantitative estimate of drug-likeness (QED) is 0.792. The molecule has 8 heteroatoms. The minimum atomic E-state index is -4.48. The second-order valence-corrected chi connectivity index (χ2v) is 6.44. The first kappa shape index (κ1) is 19.9. The van der Waals surface area contributed by atoms with Crippen LogP contribution in [0.3, 0.4) is 0 Å². The monoisotopic (exact) mass is 394 g/mol. The third-order valence-electron chi connectivity index (χ3n) is 4.47. The third-order valence-corrected chi connectivity index (χ3v) is 4.47. The lowest BCUT2D eigenvalue weighted by Crippen LogP contribution is -2.24. The van der Waals surface area contributed by atoms with Gasteiger partial charge in [-0.05, 0) is 55.3 Å². The molecule has 0 bridgehead atoms. The highest BCUT2D eigenvalue weighted by Gasteiger charge is 2.32. The van der Waals surface area contributed by atoms with E-state index in [1.165, 1.54) is 13.2 Å². The highest BCUT2D eigenvalue weighted by Crippen LogP contribution is 2.36. The normalized spacial score (nSPS) is 14.1. The number of carbonyl (C=O) groups is 1. The Kier molecular flexibility index (Phi) is 5.96. The molecule has 1 amide bonds. The smallest absolute Gasteiger partial charge is 0.416 e. The van der Waals surface area contributed by atoms with Crippen LogP contribution in [0.5, 0.6) is 11.5 Å². The van der Waals surface area contributed by atoms with Gasteiger partial charge in [-0.3, -0.25) is 4.79 Å². The van der Waals surface area contributed by atoms with E-state index < -0.39 is 17.6 Å². The molecule has 1 saturated heterocycles. The van der Waals surface area contributed by atoms with Crippen molar-refractivity contribution in [3.8, 4) is 11.5 Å². The predicted octanol–water partition coefficient (Wildman–Crippen LogP) is 4.33. The minimum absolute atomic E-state index is 0.139. The van der Waals surface area contributed by atoms with Crippen molar-refractivity contribution in [3.63, 3.8) is 0 Å². The van der Waals surface area contributed by atoms with Crippen molar-refractivity contribution in [1.82, 2.24) is 0 Å². The highest BCUT2D eigenvalue weighted by molar-refractivity contribution is 5.95. The van der Waals surface area contributed by atoms with Crippen molar-refractivity contribution in [2.45, 2.75) is 19.0 Å². The average Bonchev–Trinajstić information content (AvgIpc) is 3.20. The van der Waals surface area contributed by atoms with E-state index in [2.05, 4.69) is 5.32 Å². The summed E-state index contributed by atoms with van der Waals surface area (Å²) in [6.07, 6.45) is -2.55. The number of hydrogen-bond acceptors (Lipinski definition) is 4. The maximum Gasteiger partial charge on any atom is 0.416 e. The number of amides is 1. The molecule has 0 radical (unpaired) electrons. The Labute approximate surface area is 161 Å². The molecule has 2 aromatic rings. The zero-order chi connectivity index (χ0) is 20.1. The molecule has 3 rings (SSSR count). The molecule has 0 atom stereocenters. The molecule has 0 saturated carbocycles. The van der Waals surface area contributed by atoms with E-state index in [1.807, 2.05) is 4.90 Å². The van der Waals surface area contributed by atoms with Gasteiger partial charge in [0.1, 0.15) is 11.5 Å². The SMILES string of the molecule is COc1ccc(OCC(=O)Nc2cc(C(F)(F)F)ccc2N2CCCC2)cc1. The van der Waals surface area contributed by atoms with Crippen LogP contribution in [-0.4, -0.2) is 32.7 Å². The van der Waals surface area contributed by atoms with Crippen molar-refractivity contribution >= 4 is 17.3 Å². The van der Waals surface area contributed by atoms with Gasteiger partial charge in [0.25, 0.3) is 5.91 Å². The molecular formula is C20H21F3N2O3. The molecule has 1 aliphatic rings. The fourth-order valence-corrected chi connectivity index (χ4v) is 3.05. The summed E-state index contributed by atoms with van der Waals surface area (Å²) in [4.78, 5) is 14.2. The van der Waals surface area contributed by atoms with Crippen LogP contribution in [-0.2, 0) is 11.0 Å². The lowest BCUT2D eigenvalue weighted by Gasteiger charge is -2.23. The van der Waals surface area contributed by atoms with Crippen LogP contribution in [0.4, 0.5) is 24.5 Å². The van der Waals surface area contributed by atoms with E-state index >= 15 is 0 Å². The second kappa shape index (κ2) is 8.41. The molecule has 2 aromatic carbocycles. The van der Waals surface area contributed by atoms with Crippen LogP contribution in [0.25, 0.3) is 0 Å². The van der Waals surface area contributed by atoms with Crippen molar-refractivity contribution in [3.05, 3.63) is 48.0 Å². The molecule has 1 aliphatic heterocycles. The zero-order valence-electron chi connectivity index (χ0n) is 15.4. The van der Waals surface area contributed by atoms with Crippen LogP contribution in [0.2, 0.25) is 0 Å². The number of benzene rings is 2. The van der Waals surface area contributed by atoms with E-state index in [4.69, 9.17) is 9.47 Å². The van der Waals surface area contributed by atoms with Crippen molar-refractivity contribution in [2.24, 2.45) is 0 Å². The summed E-state index contributed by atoms with van der Waals surface area (Å²) >= 11 is 0. The Hall–Kier alpha value is -2.90. The van der Waals surface area contributed by atoms with E-state index in [9.17, 15) is 18.0 Å². The van der Waals surface area contributed by atoms with Gasteiger partial charge in [0.05, 0.1) is 24.0 Å². The van der Waals surface area contributed by atoms with Crippen LogP contribution >= 0.6 is 0 Å². The summed E-state index contributed by atoms with van der Waals surface area (Å²) in [7, 11) is 1.54. The van der Waals surface area contributed by atoms with Gasteiger partial charge >= 0.3 is 6.18 Å².